The summed E-state index contributed by atoms with van der Waals surface area (Å²) in [5.74, 6) is 0. The molecule has 2 aliphatic rings. The van der Waals surface area contributed by atoms with Crippen molar-refractivity contribution in [2.75, 3.05) is 0 Å². The molecule has 0 fully saturated rings. The highest BCUT2D eigenvalue weighted by Crippen LogP contribution is 2.38. The van der Waals surface area contributed by atoms with Gasteiger partial charge in [-0.05, 0) is 97.2 Å². The molecule has 0 saturated carbocycles. The number of benzene rings is 4. The lowest BCUT2D eigenvalue weighted by molar-refractivity contribution is 1.31. The third-order valence-corrected chi connectivity index (χ3v) is 10.2. The molecule has 4 heteroatoms. The lowest BCUT2D eigenvalue weighted by Gasteiger charge is -2.08. The van der Waals surface area contributed by atoms with E-state index in [-0.39, 0.29) is 0 Å². The molecule has 0 spiro atoms. The monoisotopic (exact) mass is 682 g/mol. The Morgan fingerprint density at radius 1 is 0.377 bits per heavy atom. The molecule has 0 saturated heterocycles. The summed E-state index contributed by atoms with van der Waals surface area (Å²) in [5, 5.41) is 0. The summed E-state index contributed by atoms with van der Waals surface area (Å²) >= 11 is 0. The quantitative estimate of drug-likeness (QED) is 0.190. The van der Waals surface area contributed by atoms with Crippen LogP contribution in [0.25, 0.3) is 97.0 Å². The Bertz CT molecular complexity index is 2730. The number of nitrogens with one attached hydrogen (secondary N) is 2. The summed E-state index contributed by atoms with van der Waals surface area (Å²) in [6.45, 7) is 10.3. The maximum absolute atomic E-state index is 5.41. The third kappa shape index (κ3) is 5.94. The maximum atomic E-state index is 5.41. The first kappa shape index (κ1) is 32.1. The van der Waals surface area contributed by atoms with Gasteiger partial charge in [0.15, 0.2) is 0 Å². The van der Waals surface area contributed by atoms with Gasteiger partial charge >= 0.3 is 0 Å². The Morgan fingerprint density at radius 2 is 0.642 bits per heavy atom. The second-order valence-electron chi connectivity index (χ2n) is 13.9. The van der Waals surface area contributed by atoms with E-state index < -0.39 is 0 Å². The molecule has 254 valence electrons. The number of H-pyrrole nitrogens is 2. The third-order valence-electron chi connectivity index (χ3n) is 10.2. The summed E-state index contributed by atoms with van der Waals surface area (Å²) in [7, 11) is 0. The van der Waals surface area contributed by atoms with E-state index in [1.165, 1.54) is 16.7 Å². The van der Waals surface area contributed by atoms with Crippen LogP contribution in [0.3, 0.4) is 0 Å². The molecule has 8 bridgehead atoms. The molecule has 0 atom stereocenters. The van der Waals surface area contributed by atoms with Crippen LogP contribution in [-0.4, -0.2) is 19.9 Å². The minimum atomic E-state index is 0.890. The van der Waals surface area contributed by atoms with Gasteiger partial charge in [-0.25, -0.2) is 9.97 Å². The van der Waals surface area contributed by atoms with Crippen LogP contribution in [0, 0.1) is 20.8 Å². The minimum Gasteiger partial charge on any atom is -0.354 e. The van der Waals surface area contributed by atoms with Crippen molar-refractivity contribution < 1.29 is 0 Å². The first-order chi connectivity index (χ1) is 25.9. The fourth-order valence-electron chi connectivity index (χ4n) is 7.37. The van der Waals surface area contributed by atoms with Crippen molar-refractivity contribution >= 4 is 52.4 Å². The highest BCUT2D eigenvalue weighted by atomic mass is 14.8. The average Bonchev–Trinajstić information content (AvgIpc) is 4.02. The summed E-state index contributed by atoms with van der Waals surface area (Å²) < 4.78 is 0. The molecule has 2 N–H and O–H groups in total. The van der Waals surface area contributed by atoms with E-state index in [0.717, 1.165) is 94.9 Å². The van der Waals surface area contributed by atoms with Gasteiger partial charge in [-0.15, -0.1) is 0 Å². The van der Waals surface area contributed by atoms with Crippen molar-refractivity contribution in [3.63, 3.8) is 0 Å². The minimum absolute atomic E-state index is 0.890. The zero-order chi connectivity index (χ0) is 36.1. The van der Waals surface area contributed by atoms with Crippen molar-refractivity contribution in [2.45, 2.75) is 20.8 Å². The van der Waals surface area contributed by atoms with E-state index in [9.17, 15) is 0 Å². The smallest absolute Gasteiger partial charge is 0.0737 e. The van der Waals surface area contributed by atoms with Gasteiger partial charge in [-0.3, -0.25) is 0 Å². The maximum Gasteiger partial charge on any atom is 0.0737 e. The van der Waals surface area contributed by atoms with Crippen molar-refractivity contribution in [3.05, 3.63) is 173 Å². The Balaban J connectivity index is 1.46. The van der Waals surface area contributed by atoms with Crippen LogP contribution in [0.15, 0.2) is 128 Å². The Labute approximate surface area is 309 Å². The van der Waals surface area contributed by atoms with Gasteiger partial charge in [0.05, 0.1) is 22.8 Å². The van der Waals surface area contributed by atoms with Crippen LogP contribution in [0.1, 0.15) is 45.0 Å². The summed E-state index contributed by atoms with van der Waals surface area (Å²) in [6.07, 6.45) is 10.5. The molecule has 5 heterocycles. The average molecular weight is 683 g/mol. The van der Waals surface area contributed by atoms with Gasteiger partial charge < -0.3 is 9.97 Å². The standard InChI is InChI=1S/C49H38N4/c1-5-33-12-20-37(21-13-33)49-44-28-26-42(52-44)47(35-16-8-31(3)9-17-35)40-24-22-38(50-40)46(34-14-6-30(2)7-15-34)39-23-25-41(51-39)48(43-27-29-45(49)53-43)36-18-10-32(4)11-19-36/h5-29,50,53H,1H2,2-4H3. The normalized spacial score (nSPS) is 12.0. The summed E-state index contributed by atoms with van der Waals surface area (Å²) in [4.78, 5) is 18.5. The molecule has 0 radical (unpaired) electrons. The highest BCUT2D eigenvalue weighted by Gasteiger charge is 2.19. The molecule has 0 amide bonds. The van der Waals surface area contributed by atoms with Crippen molar-refractivity contribution in [3.8, 4) is 44.5 Å². The van der Waals surface area contributed by atoms with Crippen LogP contribution in [0.5, 0.6) is 0 Å². The number of aryl methyl sites for hydroxylation is 3. The number of nitrogens with zero attached hydrogens (tertiary/aromatic N) is 2. The van der Waals surface area contributed by atoms with Gasteiger partial charge in [0, 0.05) is 44.3 Å². The van der Waals surface area contributed by atoms with E-state index in [1.807, 2.05) is 6.08 Å². The molecule has 7 aromatic rings. The van der Waals surface area contributed by atoms with Gasteiger partial charge in [0.2, 0.25) is 0 Å². The van der Waals surface area contributed by atoms with Gasteiger partial charge in [-0.2, -0.15) is 0 Å². The molecule has 3 aromatic heterocycles. The summed E-state index contributed by atoms with van der Waals surface area (Å²) in [6, 6.07) is 43.3. The van der Waals surface area contributed by atoms with Gasteiger partial charge in [0.1, 0.15) is 0 Å². The highest BCUT2D eigenvalue weighted by molar-refractivity contribution is 5.99. The molecule has 2 aliphatic heterocycles. The van der Waals surface area contributed by atoms with Crippen molar-refractivity contribution in [1.29, 1.82) is 0 Å². The Hall–Kier alpha value is -6.78. The molecule has 0 aliphatic carbocycles. The van der Waals surface area contributed by atoms with Crippen LogP contribution in [0.4, 0.5) is 0 Å². The fraction of sp³-hybridized carbons (Fsp3) is 0.0612. The van der Waals surface area contributed by atoms with Gasteiger partial charge in [-0.1, -0.05) is 126 Å². The first-order valence-corrected chi connectivity index (χ1v) is 18.0. The number of hydrogen-bond acceptors (Lipinski definition) is 2. The van der Waals surface area contributed by atoms with Crippen molar-refractivity contribution in [2.24, 2.45) is 0 Å². The van der Waals surface area contributed by atoms with Crippen molar-refractivity contribution in [1.82, 2.24) is 19.9 Å². The van der Waals surface area contributed by atoms with Gasteiger partial charge in [0.25, 0.3) is 0 Å². The lowest BCUT2D eigenvalue weighted by atomic mass is 10.0. The van der Waals surface area contributed by atoms with Crippen LogP contribution < -0.4 is 0 Å². The predicted molar refractivity (Wildman–Crippen MR) is 225 cm³/mol. The zero-order valence-corrected chi connectivity index (χ0v) is 30.0. The number of fused-ring (bicyclic) bond motifs is 8. The molecule has 4 nitrogen and oxygen atoms in total. The van der Waals surface area contributed by atoms with Crippen LogP contribution in [0.2, 0.25) is 0 Å². The molecule has 0 unspecified atom stereocenters. The van der Waals surface area contributed by atoms with E-state index in [0.29, 0.717) is 0 Å². The lowest BCUT2D eigenvalue weighted by Crippen LogP contribution is -1.90. The van der Waals surface area contributed by atoms with Crippen LogP contribution >= 0.6 is 0 Å². The molecule has 53 heavy (non-hydrogen) atoms. The van der Waals surface area contributed by atoms with E-state index in [1.54, 1.807) is 0 Å². The Morgan fingerprint density at radius 3 is 0.906 bits per heavy atom. The SMILES string of the molecule is C=Cc1ccc(-c2c3nc(c(-c4ccc(C)cc4)c4ccc([nH]4)c(-c4ccc(C)cc4)c4nc(c(-c5ccc(C)cc5)c5ccc2[nH]5)C=C4)C=C3)cc1. The predicted octanol–water partition coefficient (Wildman–Crippen LogP) is 12.9. The summed E-state index contributed by atoms with van der Waals surface area (Å²) in [5.41, 5.74) is 20.7. The van der Waals surface area contributed by atoms with E-state index >= 15 is 0 Å². The second kappa shape index (κ2) is 13.1. The largest absolute Gasteiger partial charge is 0.354 e. The fourth-order valence-corrected chi connectivity index (χ4v) is 7.37. The Kier molecular flexibility index (Phi) is 7.93. The first-order valence-electron chi connectivity index (χ1n) is 18.0. The molecule has 9 rings (SSSR count). The number of aromatic amines is 2. The van der Waals surface area contributed by atoms with E-state index in [4.69, 9.17) is 9.97 Å². The topological polar surface area (TPSA) is 57.4 Å². The molecule has 4 aromatic carbocycles. The number of aromatic nitrogens is 4. The number of rotatable bonds is 5. The second-order valence-corrected chi connectivity index (χ2v) is 13.9. The zero-order valence-electron chi connectivity index (χ0n) is 30.0. The van der Waals surface area contributed by atoms with Crippen LogP contribution in [-0.2, 0) is 0 Å². The molecular weight excluding hydrogens is 645 g/mol. The van der Waals surface area contributed by atoms with E-state index in [2.05, 4.69) is 183 Å². The number of hydrogen-bond donors (Lipinski definition) is 2. The molecular formula is C49H38N4.